The second-order valence-corrected chi connectivity index (χ2v) is 8.98. The van der Waals surface area contributed by atoms with Gasteiger partial charge < -0.3 is 5.32 Å². The van der Waals surface area contributed by atoms with E-state index in [2.05, 4.69) is 16.4 Å². The fourth-order valence-corrected chi connectivity index (χ4v) is 4.61. The number of benzene rings is 2. The molecule has 0 aliphatic rings. The Bertz CT molecular complexity index is 1390. The highest BCUT2D eigenvalue weighted by atomic mass is 35.5. The molecule has 1 amide bonds. The van der Waals surface area contributed by atoms with Crippen LogP contribution in [0.2, 0.25) is 5.02 Å². The summed E-state index contributed by atoms with van der Waals surface area (Å²) in [5.74, 6) is -1.01. The van der Waals surface area contributed by atoms with E-state index in [0.29, 0.717) is 15.9 Å². The number of hydrogen-bond acceptors (Lipinski definition) is 4. The van der Waals surface area contributed by atoms with Crippen molar-refractivity contribution in [3.05, 3.63) is 79.9 Å². The van der Waals surface area contributed by atoms with Crippen molar-refractivity contribution in [2.24, 2.45) is 0 Å². The van der Waals surface area contributed by atoms with E-state index >= 15 is 0 Å². The molecule has 0 aliphatic heterocycles. The first kappa shape index (κ1) is 21.2. The van der Waals surface area contributed by atoms with E-state index in [1.54, 1.807) is 0 Å². The van der Waals surface area contributed by atoms with Gasteiger partial charge in [0.25, 0.3) is 5.56 Å². The lowest BCUT2D eigenvalue weighted by Crippen LogP contribution is -2.27. The van der Waals surface area contributed by atoms with Crippen LogP contribution in [-0.2, 0) is 11.3 Å². The molecule has 0 spiro atoms. The molecule has 4 aromatic rings. The summed E-state index contributed by atoms with van der Waals surface area (Å²) in [4.78, 5) is 31.8. The number of halogens is 2. The summed E-state index contributed by atoms with van der Waals surface area (Å²) in [6.07, 6.45) is 1.38. The molecule has 0 fully saturated rings. The van der Waals surface area contributed by atoms with Crippen LogP contribution in [0.25, 0.3) is 21.3 Å². The van der Waals surface area contributed by atoms with Crippen molar-refractivity contribution in [2.75, 3.05) is 5.32 Å². The molecular weight excluding hydrogens is 437 g/mol. The molecule has 2 heterocycles. The van der Waals surface area contributed by atoms with Gasteiger partial charge in [0.05, 0.1) is 16.7 Å². The first-order chi connectivity index (χ1) is 14.7. The molecule has 158 valence electrons. The van der Waals surface area contributed by atoms with Crippen molar-refractivity contribution in [1.82, 2.24) is 9.55 Å². The minimum atomic E-state index is -0.572. The molecule has 0 saturated carbocycles. The van der Waals surface area contributed by atoms with Crippen LogP contribution in [0.15, 0.2) is 47.5 Å². The molecular formula is C23H19ClFN3O2S. The zero-order valence-corrected chi connectivity index (χ0v) is 18.7. The van der Waals surface area contributed by atoms with Crippen molar-refractivity contribution >= 4 is 44.7 Å². The lowest BCUT2D eigenvalue weighted by molar-refractivity contribution is -0.116. The second kappa shape index (κ2) is 8.24. The lowest BCUT2D eigenvalue weighted by Gasteiger charge is -2.09. The fraction of sp³-hybridized carbons (Fsp3) is 0.174. The van der Waals surface area contributed by atoms with E-state index in [0.717, 1.165) is 21.6 Å². The Morgan fingerprint density at radius 3 is 2.65 bits per heavy atom. The molecule has 0 bridgehead atoms. The maximum atomic E-state index is 13.3. The molecule has 31 heavy (non-hydrogen) atoms. The Morgan fingerprint density at radius 2 is 1.94 bits per heavy atom. The van der Waals surface area contributed by atoms with Crippen LogP contribution in [0.4, 0.5) is 10.1 Å². The third-order valence-electron chi connectivity index (χ3n) is 5.17. The van der Waals surface area contributed by atoms with Crippen LogP contribution in [0.5, 0.6) is 0 Å². The number of rotatable bonds is 4. The summed E-state index contributed by atoms with van der Waals surface area (Å²) in [7, 11) is 0. The Balaban J connectivity index is 1.70. The molecule has 2 aromatic carbocycles. The minimum Gasteiger partial charge on any atom is -0.324 e. The highest BCUT2D eigenvalue weighted by Crippen LogP contribution is 2.36. The molecule has 0 unspecified atom stereocenters. The van der Waals surface area contributed by atoms with Gasteiger partial charge in [-0.1, -0.05) is 29.8 Å². The molecule has 0 aliphatic carbocycles. The van der Waals surface area contributed by atoms with E-state index in [9.17, 15) is 14.0 Å². The molecule has 0 saturated heterocycles. The first-order valence-corrected chi connectivity index (χ1v) is 10.7. The van der Waals surface area contributed by atoms with Crippen molar-refractivity contribution in [1.29, 1.82) is 0 Å². The van der Waals surface area contributed by atoms with E-state index in [-0.39, 0.29) is 17.1 Å². The number of aromatic nitrogens is 2. The summed E-state index contributed by atoms with van der Waals surface area (Å²) < 4.78 is 14.6. The van der Waals surface area contributed by atoms with Crippen molar-refractivity contribution in [2.45, 2.75) is 27.3 Å². The van der Waals surface area contributed by atoms with Crippen molar-refractivity contribution < 1.29 is 9.18 Å². The van der Waals surface area contributed by atoms with Gasteiger partial charge in [0.15, 0.2) is 0 Å². The quantitative estimate of drug-likeness (QED) is 0.443. The highest BCUT2D eigenvalue weighted by molar-refractivity contribution is 7.19. The number of fused-ring (bicyclic) bond motifs is 1. The van der Waals surface area contributed by atoms with E-state index < -0.39 is 11.7 Å². The second-order valence-electron chi connectivity index (χ2n) is 7.37. The van der Waals surface area contributed by atoms with Gasteiger partial charge >= 0.3 is 0 Å². The van der Waals surface area contributed by atoms with Gasteiger partial charge in [-0.05, 0) is 55.7 Å². The SMILES string of the molecule is Cc1ccc(-c2c(C)sc3ncn(CC(=O)Nc4ccc(F)c(Cl)c4)c(=O)c23)cc1C. The summed E-state index contributed by atoms with van der Waals surface area (Å²) >= 11 is 7.21. The average Bonchev–Trinajstić information content (AvgIpc) is 3.06. The molecule has 2 aromatic heterocycles. The molecule has 0 atom stereocenters. The van der Waals surface area contributed by atoms with Crippen LogP contribution in [0.3, 0.4) is 0 Å². The summed E-state index contributed by atoms with van der Waals surface area (Å²) in [6.45, 7) is 5.81. The van der Waals surface area contributed by atoms with Gasteiger partial charge in [-0.3, -0.25) is 14.2 Å². The predicted molar refractivity (Wildman–Crippen MR) is 124 cm³/mol. The van der Waals surface area contributed by atoms with E-state index in [1.807, 2.05) is 32.9 Å². The number of aryl methyl sites for hydroxylation is 3. The van der Waals surface area contributed by atoms with Crippen LogP contribution < -0.4 is 10.9 Å². The summed E-state index contributed by atoms with van der Waals surface area (Å²) in [5.41, 5.74) is 4.18. The standard InChI is InChI=1S/C23H19ClFN3O2S/c1-12-4-5-15(8-13(12)2)20-14(3)31-22-21(20)23(30)28(11-26-22)10-19(29)27-16-6-7-18(25)17(24)9-16/h4-9,11H,10H2,1-3H3,(H,27,29). The Morgan fingerprint density at radius 1 is 1.16 bits per heavy atom. The van der Waals surface area contributed by atoms with E-state index in [4.69, 9.17) is 11.6 Å². The number of nitrogens with one attached hydrogen (secondary N) is 1. The number of nitrogens with zero attached hydrogens (tertiary/aromatic N) is 2. The van der Waals surface area contributed by atoms with Gasteiger partial charge in [-0.2, -0.15) is 0 Å². The molecule has 5 nitrogen and oxygen atoms in total. The molecule has 1 N–H and O–H groups in total. The number of thiophene rings is 1. The third-order valence-corrected chi connectivity index (χ3v) is 6.47. The number of carbonyl (C=O) groups excluding carboxylic acids is 1. The Kier molecular flexibility index (Phi) is 5.64. The molecule has 4 rings (SSSR count). The van der Waals surface area contributed by atoms with Gasteiger partial charge in [-0.15, -0.1) is 11.3 Å². The predicted octanol–water partition coefficient (Wildman–Crippen LogP) is 5.48. The maximum absolute atomic E-state index is 13.3. The highest BCUT2D eigenvalue weighted by Gasteiger charge is 2.18. The normalized spacial score (nSPS) is 11.1. The fourth-order valence-electron chi connectivity index (χ4n) is 3.42. The largest absolute Gasteiger partial charge is 0.324 e. The molecule has 0 radical (unpaired) electrons. The number of anilines is 1. The van der Waals surface area contributed by atoms with Crippen LogP contribution >= 0.6 is 22.9 Å². The minimum absolute atomic E-state index is 0.0927. The summed E-state index contributed by atoms with van der Waals surface area (Å²) in [6, 6.07) is 9.98. The average molecular weight is 456 g/mol. The lowest BCUT2D eigenvalue weighted by atomic mass is 9.99. The van der Waals surface area contributed by atoms with Crippen LogP contribution in [0, 0.1) is 26.6 Å². The van der Waals surface area contributed by atoms with Crippen molar-refractivity contribution in [3.63, 3.8) is 0 Å². The zero-order chi connectivity index (χ0) is 22.3. The van der Waals surface area contributed by atoms with Crippen LogP contribution in [0.1, 0.15) is 16.0 Å². The number of amides is 1. The third kappa shape index (κ3) is 4.11. The maximum Gasteiger partial charge on any atom is 0.263 e. The zero-order valence-electron chi connectivity index (χ0n) is 17.1. The number of carbonyl (C=O) groups is 1. The monoisotopic (exact) mass is 455 g/mol. The van der Waals surface area contributed by atoms with Gasteiger partial charge in [-0.25, -0.2) is 9.37 Å². The smallest absolute Gasteiger partial charge is 0.263 e. The topological polar surface area (TPSA) is 64.0 Å². The summed E-state index contributed by atoms with van der Waals surface area (Å²) in [5, 5.41) is 3.04. The van der Waals surface area contributed by atoms with Gasteiger partial charge in [0.2, 0.25) is 5.91 Å². The van der Waals surface area contributed by atoms with Gasteiger partial charge in [0, 0.05) is 16.1 Å². The van der Waals surface area contributed by atoms with Crippen molar-refractivity contribution in [3.8, 4) is 11.1 Å². The Labute approximate surface area is 187 Å². The number of hydrogen-bond donors (Lipinski definition) is 1. The first-order valence-electron chi connectivity index (χ1n) is 9.55. The van der Waals surface area contributed by atoms with Gasteiger partial charge in [0.1, 0.15) is 17.2 Å². The molecule has 8 heteroatoms. The van der Waals surface area contributed by atoms with Crippen LogP contribution in [-0.4, -0.2) is 15.5 Å². The van der Waals surface area contributed by atoms with E-state index in [1.165, 1.54) is 46.0 Å². The Hall–Kier alpha value is -3.03.